The molecule has 3 nitrogen and oxygen atoms in total. The van der Waals surface area contributed by atoms with Gasteiger partial charge in [-0.1, -0.05) is 18.2 Å². The van der Waals surface area contributed by atoms with Crippen LogP contribution in [0.15, 0.2) is 34.9 Å². The zero-order valence-corrected chi connectivity index (χ0v) is 15.6. The number of thioether (sulfide) groups is 1. The normalized spacial score (nSPS) is 13.6. The number of aromatic nitrogens is 2. The Morgan fingerprint density at radius 3 is 2.92 bits per heavy atom. The molecular formula is C20H19N3S2. The summed E-state index contributed by atoms with van der Waals surface area (Å²) in [4.78, 5) is 10.0. The average molecular weight is 366 g/mol. The fourth-order valence-corrected chi connectivity index (χ4v) is 5.33. The van der Waals surface area contributed by atoms with Crippen LogP contribution in [0.4, 0.5) is 0 Å². The van der Waals surface area contributed by atoms with Gasteiger partial charge in [-0.3, -0.25) is 0 Å². The Bertz CT molecular complexity index is 940. The van der Waals surface area contributed by atoms with Gasteiger partial charge in [-0.15, -0.1) is 23.1 Å². The molecule has 126 valence electrons. The predicted molar refractivity (Wildman–Crippen MR) is 105 cm³/mol. The first-order valence-electron chi connectivity index (χ1n) is 8.71. The summed E-state index contributed by atoms with van der Waals surface area (Å²) >= 11 is 3.42. The van der Waals surface area contributed by atoms with Crippen LogP contribution in [0.25, 0.3) is 21.3 Å². The molecule has 0 bridgehead atoms. The van der Waals surface area contributed by atoms with E-state index in [2.05, 4.69) is 39.6 Å². The highest BCUT2D eigenvalue weighted by Gasteiger charge is 2.16. The number of nitrogens with zero attached hydrogens (tertiary/aromatic N) is 3. The van der Waals surface area contributed by atoms with Crippen LogP contribution < -0.4 is 0 Å². The summed E-state index contributed by atoms with van der Waals surface area (Å²) in [5.41, 5.74) is 5.54. The van der Waals surface area contributed by atoms with Crippen molar-refractivity contribution >= 4 is 33.3 Å². The molecule has 0 atom stereocenters. The molecule has 0 saturated carbocycles. The Labute approximate surface area is 156 Å². The molecule has 0 saturated heterocycles. The van der Waals surface area contributed by atoms with Crippen LogP contribution >= 0.6 is 23.1 Å². The summed E-state index contributed by atoms with van der Waals surface area (Å²) in [6.45, 7) is 0. The topological polar surface area (TPSA) is 49.6 Å². The van der Waals surface area contributed by atoms with E-state index in [9.17, 15) is 0 Å². The minimum atomic E-state index is 0.600. The van der Waals surface area contributed by atoms with Crippen molar-refractivity contribution in [2.24, 2.45) is 0 Å². The largest absolute Gasteiger partial charge is 0.229 e. The van der Waals surface area contributed by atoms with Crippen molar-refractivity contribution in [1.29, 1.82) is 5.26 Å². The van der Waals surface area contributed by atoms with Gasteiger partial charge >= 0.3 is 0 Å². The van der Waals surface area contributed by atoms with Crippen LogP contribution in [0.1, 0.15) is 36.8 Å². The summed E-state index contributed by atoms with van der Waals surface area (Å²) < 4.78 is 0. The van der Waals surface area contributed by atoms with E-state index in [4.69, 9.17) is 5.26 Å². The highest BCUT2D eigenvalue weighted by Crippen LogP contribution is 2.39. The standard InChI is InChI=1S/C20H19N3S2/c21-9-3-4-10-24-19-18-17(12-25-20(18)23-13-22-19)16-8-7-14-5-1-2-6-15(14)11-16/h7-8,11-13H,1-6,10H2. The van der Waals surface area contributed by atoms with Gasteiger partial charge < -0.3 is 0 Å². The van der Waals surface area contributed by atoms with Gasteiger partial charge in [0.15, 0.2) is 0 Å². The van der Waals surface area contributed by atoms with E-state index in [-0.39, 0.29) is 0 Å². The second-order valence-electron chi connectivity index (χ2n) is 6.31. The number of hydrogen-bond acceptors (Lipinski definition) is 5. The molecule has 0 N–H and O–H groups in total. The van der Waals surface area contributed by atoms with Crippen molar-refractivity contribution < 1.29 is 0 Å². The Kier molecular flexibility index (Phi) is 5.00. The third-order valence-electron chi connectivity index (χ3n) is 4.67. The predicted octanol–water partition coefficient (Wildman–Crippen LogP) is 5.63. The van der Waals surface area contributed by atoms with Crippen LogP contribution in [0.5, 0.6) is 0 Å². The molecule has 5 heteroatoms. The maximum absolute atomic E-state index is 8.71. The molecule has 2 aromatic heterocycles. The molecule has 1 aliphatic carbocycles. The van der Waals surface area contributed by atoms with Gasteiger partial charge in [0.05, 0.1) is 11.5 Å². The van der Waals surface area contributed by atoms with Crippen molar-refractivity contribution in [3.8, 4) is 17.2 Å². The van der Waals surface area contributed by atoms with Gasteiger partial charge in [-0.2, -0.15) is 5.26 Å². The molecule has 0 amide bonds. The number of hydrogen-bond donors (Lipinski definition) is 0. The van der Waals surface area contributed by atoms with Gasteiger partial charge in [-0.05, 0) is 48.8 Å². The summed E-state index contributed by atoms with van der Waals surface area (Å²) in [6.07, 6.45) is 8.16. The number of fused-ring (bicyclic) bond motifs is 2. The zero-order valence-electron chi connectivity index (χ0n) is 14.0. The van der Waals surface area contributed by atoms with E-state index in [0.29, 0.717) is 6.42 Å². The zero-order chi connectivity index (χ0) is 17.1. The van der Waals surface area contributed by atoms with Gasteiger partial charge in [0.2, 0.25) is 0 Å². The molecule has 4 rings (SSSR count). The second-order valence-corrected chi connectivity index (χ2v) is 8.25. The van der Waals surface area contributed by atoms with E-state index in [1.54, 1.807) is 29.4 Å². The lowest BCUT2D eigenvalue weighted by Gasteiger charge is -2.16. The van der Waals surface area contributed by atoms with Gasteiger partial charge in [-0.25, -0.2) is 9.97 Å². The first-order valence-corrected chi connectivity index (χ1v) is 10.6. The van der Waals surface area contributed by atoms with Crippen molar-refractivity contribution in [3.63, 3.8) is 0 Å². The lowest BCUT2D eigenvalue weighted by atomic mass is 9.89. The Hall–Kier alpha value is -1.90. The van der Waals surface area contributed by atoms with Crippen molar-refractivity contribution in [2.45, 2.75) is 43.6 Å². The Morgan fingerprint density at radius 1 is 1.16 bits per heavy atom. The first-order chi connectivity index (χ1) is 12.4. The minimum absolute atomic E-state index is 0.600. The maximum atomic E-state index is 8.71. The van der Waals surface area contributed by atoms with E-state index >= 15 is 0 Å². The number of aryl methyl sites for hydroxylation is 2. The van der Waals surface area contributed by atoms with Crippen LogP contribution in [0.2, 0.25) is 0 Å². The lowest BCUT2D eigenvalue weighted by Crippen LogP contribution is -2.02. The first kappa shape index (κ1) is 16.6. The molecule has 0 spiro atoms. The summed E-state index contributed by atoms with van der Waals surface area (Å²) in [5.74, 6) is 0.916. The monoisotopic (exact) mass is 365 g/mol. The molecule has 0 radical (unpaired) electrons. The Morgan fingerprint density at radius 2 is 2.04 bits per heavy atom. The number of benzene rings is 1. The smallest absolute Gasteiger partial charge is 0.128 e. The fraction of sp³-hybridized carbons (Fsp3) is 0.350. The fourth-order valence-electron chi connectivity index (χ4n) is 3.39. The summed E-state index contributed by atoms with van der Waals surface area (Å²) in [7, 11) is 0. The van der Waals surface area contributed by atoms with Crippen molar-refractivity contribution in [2.75, 3.05) is 5.75 Å². The molecule has 2 heterocycles. The van der Waals surface area contributed by atoms with Gasteiger partial charge in [0.1, 0.15) is 16.2 Å². The molecule has 3 aromatic rings. The van der Waals surface area contributed by atoms with Crippen LogP contribution in [-0.2, 0) is 12.8 Å². The number of nitriles is 1. The van der Waals surface area contributed by atoms with Crippen LogP contribution in [0.3, 0.4) is 0 Å². The Balaban J connectivity index is 1.71. The molecule has 1 aliphatic rings. The highest BCUT2D eigenvalue weighted by molar-refractivity contribution is 7.99. The molecule has 0 aliphatic heterocycles. The van der Waals surface area contributed by atoms with Crippen LogP contribution in [0, 0.1) is 11.3 Å². The number of rotatable bonds is 5. The van der Waals surface area contributed by atoms with Crippen LogP contribution in [-0.4, -0.2) is 15.7 Å². The van der Waals surface area contributed by atoms with E-state index in [0.717, 1.165) is 22.0 Å². The molecule has 1 aromatic carbocycles. The van der Waals surface area contributed by atoms with Crippen molar-refractivity contribution in [3.05, 3.63) is 41.0 Å². The van der Waals surface area contributed by atoms with E-state index < -0.39 is 0 Å². The van der Waals surface area contributed by atoms with Crippen molar-refractivity contribution in [1.82, 2.24) is 9.97 Å². The molecule has 0 fully saturated rings. The van der Waals surface area contributed by atoms with Gasteiger partial charge in [0, 0.05) is 23.1 Å². The second kappa shape index (κ2) is 7.55. The van der Waals surface area contributed by atoms with E-state index in [1.165, 1.54) is 53.3 Å². The third kappa shape index (κ3) is 3.42. The molecular weight excluding hydrogens is 346 g/mol. The number of unbranched alkanes of at least 4 members (excludes halogenated alkanes) is 1. The maximum Gasteiger partial charge on any atom is 0.128 e. The SMILES string of the molecule is N#CCCCSc1ncnc2scc(-c3ccc4c(c3)CCCC4)c12. The summed E-state index contributed by atoms with van der Waals surface area (Å²) in [5, 5.41) is 13.1. The highest BCUT2D eigenvalue weighted by atomic mass is 32.2. The quantitative estimate of drug-likeness (QED) is 0.334. The average Bonchev–Trinajstić information content (AvgIpc) is 3.10. The lowest BCUT2D eigenvalue weighted by molar-refractivity contribution is 0.686. The third-order valence-corrected chi connectivity index (χ3v) is 6.63. The summed E-state index contributed by atoms with van der Waals surface area (Å²) in [6, 6.07) is 9.13. The number of thiophene rings is 1. The van der Waals surface area contributed by atoms with E-state index in [1.807, 2.05) is 0 Å². The minimum Gasteiger partial charge on any atom is -0.229 e. The van der Waals surface area contributed by atoms with Gasteiger partial charge in [0.25, 0.3) is 0 Å². The molecule has 0 unspecified atom stereocenters. The molecule has 25 heavy (non-hydrogen) atoms.